The predicted octanol–water partition coefficient (Wildman–Crippen LogP) is 4.21. The molecule has 3 N–H and O–H groups in total. The lowest BCUT2D eigenvalue weighted by Crippen LogP contribution is -2.38. The second kappa shape index (κ2) is 9.12. The van der Waals surface area contributed by atoms with Gasteiger partial charge in [0, 0.05) is 23.6 Å². The minimum Gasteiger partial charge on any atom is -0.492 e. The van der Waals surface area contributed by atoms with Gasteiger partial charge in [0.2, 0.25) is 0 Å². The summed E-state index contributed by atoms with van der Waals surface area (Å²) in [6.45, 7) is 5.80. The summed E-state index contributed by atoms with van der Waals surface area (Å²) >= 11 is 0. The second-order valence-corrected chi connectivity index (χ2v) is 6.87. The smallest absolute Gasteiger partial charge is 0.314 e. The number of benzene rings is 2. The van der Waals surface area contributed by atoms with Crippen molar-refractivity contribution < 1.29 is 9.53 Å². The van der Waals surface area contributed by atoms with E-state index in [-0.39, 0.29) is 6.03 Å². The Bertz CT molecular complexity index is 886. The van der Waals surface area contributed by atoms with Gasteiger partial charge < -0.3 is 20.4 Å². The van der Waals surface area contributed by atoms with Crippen LogP contribution in [-0.4, -0.2) is 30.7 Å². The highest BCUT2D eigenvalue weighted by Crippen LogP contribution is 2.20. The lowest BCUT2D eigenvalue weighted by Gasteiger charge is -2.11. The number of fused-ring (bicyclic) bond motifs is 1. The maximum atomic E-state index is 11.9. The molecule has 1 aromatic heterocycles. The number of urea groups is 1. The molecule has 0 saturated carbocycles. The van der Waals surface area contributed by atoms with Crippen LogP contribution in [0.15, 0.2) is 54.7 Å². The first-order valence-electron chi connectivity index (χ1n) is 9.43. The van der Waals surface area contributed by atoms with E-state index in [2.05, 4.69) is 47.7 Å². The van der Waals surface area contributed by atoms with Crippen LogP contribution in [-0.2, 0) is 6.42 Å². The zero-order valence-electron chi connectivity index (χ0n) is 15.9. The molecule has 27 heavy (non-hydrogen) atoms. The molecular weight excluding hydrogens is 338 g/mol. The fourth-order valence-corrected chi connectivity index (χ4v) is 3.01. The second-order valence-electron chi connectivity index (χ2n) is 6.87. The standard InChI is InChI=1S/C22H27N3O2/c1-16(2)17-6-5-7-19(14-17)27-13-12-24-22(26)23-11-10-18-15-25-21-9-4-3-8-20(18)21/h3-9,14-16,25H,10-13H2,1-2H3,(H2,23,24,26). The molecule has 0 aliphatic heterocycles. The number of nitrogens with one attached hydrogen (secondary N) is 3. The molecule has 1 heterocycles. The van der Waals surface area contributed by atoms with Crippen molar-refractivity contribution in [3.05, 3.63) is 65.9 Å². The van der Waals surface area contributed by atoms with E-state index < -0.39 is 0 Å². The van der Waals surface area contributed by atoms with Crippen molar-refractivity contribution in [1.82, 2.24) is 15.6 Å². The van der Waals surface area contributed by atoms with Crippen LogP contribution in [0.3, 0.4) is 0 Å². The fraction of sp³-hybridized carbons (Fsp3) is 0.318. The van der Waals surface area contributed by atoms with Gasteiger partial charge in [-0.2, -0.15) is 0 Å². The first-order chi connectivity index (χ1) is 13.1. The number of aromatic nitrogens is 1. The number of carbonyl (C=O) groups excluding carboxylic acids is 1. The molecule has 0 aliphatic carbocycles. The maximum absolute atomic E-state index is 11.9. The third-order valence-corrected chi connectivity index (χ3v) is 4.54. The van der Waals surface area contributed by atoms with Gasteiger partial charge in [-0.25, -0.2) is 4.79 Å². The van der Waals surface area contributed by atoms with E-state index in [0.717, 1.165) is 17.7 Å². The monoisotopic (exact) mass is 365 g/mol. The van der Waals surface area contributed by atoms with Gasteiger partial charge in [-0.05, 0) is 41.7 Å². The van der Waals surface area contributed by atoms with Crippen molar-refractivity contribution in [2.24, 2.45) is 0 Å². The lowest BCUT2D eigenvalue weighted by atomic mass is 10.0. The van der Waals surface area contributed by atoms with E-state index in [4.69, 9.17) is 4.74 Å². The number of hydrogen-bond acceptors (Lipinski definition) is 2. The third-order valence-electron chi connectivity index (χ3n) is 4.54. The molecule has 0 bridgehead atoms. The van der Waals surface area contributed by atoms with Crippen molar-refractivity contribution in [3.8, 4) is 5.75 Å². The van der Waals surface area contributed by atoms with Crippen molar-refractivity contribution in [3.63, 3.8) is 0 Å². The summed E-state index contributed by atoms with van der Waals surface area (Å²) < 4.78 is 5.71. The van der Waals surface area contributed by atoms with Crippen LogP contribution in [0.2, 0.25) is 0 Å². The summed E-state index contributed by atoms with van der Waals surface area (Å²) in [5.74, 6) is 1.30. The van der Waals surface area contributed by atoms with Gasteiger partial charge in [0.15, 0.2) is 0 Å². The average molecular weight is 365 g/mol. The number of aromatic amines is 1. The number of carbonyl (C=O) groups is 1. The van der Waals surface area contributed by atoms with E-state index in [1.807, 2.05) is 36.5 Å². The Labute approximate surface area is 160 Å². The molecule has 0 spiro atoms. The van der Waals surface area contributed by atoms with E-state index in [1.165, 1.54) is 16.5 Å². The van der Waals surface area contributed by atoms with Crippen LogP contribution in [0.4, 0.5) is 4.79 Å². The fourth-order valence-electron chi connectivity index (χ4n) is 3.01. The minimum atomic E-state index is -0.172. The number of hydrogen-bond donors (Lipinski definition) is 3. The maximum Gasteiger partial charge on any atom is 0.314 e. The molecule has 142 valence electrons. The molecule has 0 aliphatic rings. The van der Waals surface area contributed by atoms with E-state index in [1.54, 1.807) is 0 Å². The quantitative estimate of drug-likeness (QED) is 0.524. The lowest BCUT2D eigenvalue weighted by molar-refractivity contribution is 0.236. The van der Waals surface area contributed by atoms with Crippen molar-refractivity contribution in [1.29, 1.82) is 0 Å². The van der Waals surface area contributed by atoms with Gasteiger partial charge in [-0.3, -0.25) is 0 Å². The van der Waals surface area contributed by atoms with Gasteiger partial charge in [-0.15, -0.1) is 0 Å². The SMILES string of the molecule is CC(C)c1cccc(OCCNC(=O)NCCc2c[nH]c3ccccc23)c1. The summed E-state index contributed by atoms with van der Waals surface area (Å²) in [5, 5.41) is 6.92. The van der Waals surface area contributed by atoms with Crippen molar-refractivity contribution >= 4 is 16.9 Å². The molecule has 2 aromatic carbocycles. The van der Waals surface area contributed by atoms with E-state index in [0.29, 0.717) is 25.6 Å². The number of ether oxygens (including phenoxy) is 1. The zero-order chi connectivity index (χ0) is 19.1. The Morgan fingerprint density at radius 1 is 1.07 bits per heavy atom. The Kier molecular flexibility index (Phi) is 6.36. The topological polar surface area (TPSA) is 66.2 Å². The van der Waals surface area contributed by atoms with Crippen LogP contribution in [0.1, 0.15) is 30.9 Å². The molecule has 0 fully saturated rings. The predicted molar refractivity (Wildman–Crippen MR) is 109 cm³/mol. The third kappa shape index (κ3) is 5.26. The molecule has 5 nitrogen and oxygen atoms in total. The van der Waals surface area contributed by atoms with Gasteiger partial charge in [0.25, 0.3) is 0 Å². The Morgan fingerprint density at radius 3 is 2.74 bits per heavy atom. The highest BCUT2D eigenvalue weighted by molar-refractivity contribution is 5.83. The number of para-hydroxylation sites is 1. The summed E-state index contributed by atoms with van der Waals surface area (Å²) in [6, 6.07) is 16.1. The van der Waals surface area contributed by atoms with Gasteiger partial charge in [0.1, 0.15) is 12.4 Å². The molecule has 0 radical (unpaired) electrons. The molecule has 0 unspecified atom stereocenters. The summed E-state index contributed by atoms with van der Waals surface area (Å²) in [7, 11) is 0. The first-order valence-corrected chi connectivity index (χ1v) is 9.43. The Balaban J connectivity index is 1.35. The van der Waals surface area contributed by atoms with Crippen molar-refractivity contribution in [2.75, 3.05) is 19.7 Å². The van der Waals surface area contributed by atoms with E-state index in [9.17, 15) is 4.79 Å². The largest absolute Gasteiger partial charge is 0.492 e. The summed E-state index contributed by atoms with van der Waals surface area (Å²) in [5.41, 5.74) is 3.57. The van der Waals surface area contributed by atoms with Gasteiger partial charge in [-0.1, -0.05) is 44.2 Å². The molecule has 2 amide bonds. The van der Waals surface area contributed by atoms with Crippen LogP contribution >= 0.6 is 0 Å². The van der Waals surface area contributed by atoms with Crippen molar-refractivity contribution in [2.45, 2.75) is 26.2 Å². The van der Waals surface area contributed by atoms with Crippen LogP contribution in [0, 0.1) is 0 Å². The molecule has 3 aromatic rings. The summed E-state index contributed by atoms with van der Waals surface area (Å²) in [4.78, 5) is 15.2. The van der Waals surface area contributed by atoms with Crippen LogP contribution in [0.5, 0.6) is 5.75 Å². The molecule has 3 rings (SSSR count). The normalized spacial score (nSPS) is 10.9. The number of H-pyrrole nitrogens is 1. The zero-order valence-corrected chi connectivity index (χ0v) is 15.9. The Morgan fingerprint density at radius 2 is 1.89 bits per heavy atom. The van der Waals surface area contributed by atoms with Crippen LogP contribution < -0.4 is 15.4 Å². The number of amides is 2. The molecule has 0 atom stereocenters. The number of rotatable bonds is 8. The van der Waals surface area contributed by atoms with E-state index >= 15 is 0 Å². The van der Waals surface area contributed by atoms with Gasteiger partial charge in [0.05, 0.1) is 6.54 Å². The average Bonchev–Trinajstić information content (AvgIpc) is 3.09. The molecule has 5 heteroatoms. The minimum absolute atomic E-state index is 0.172. The molecular formula is C22H27N3O2. The molecule has 0 saturated heterocycles. The highest BCUT2D eigenvalue weighted by atomic mass is 16.5. The highest BCUT2D eigenvalue weighted by Gasteiger charge is 2.05. The first kappa shape index (κ1) is 18.8. The Hall–Kier alpha value is -2.95. The summed E-state index contributed by atoms with van der Waals surface area (Å²) in [6.07, 6.45) is 2.79. The van der Waals surface area contributed by atoms with Gasteiger partial charge >= 0.3 is 6.03 Å². The van der Waals surface area contributed by atoms with Crippen LogP contribution in [0.25, 0.3) is 10.9 Å².